The zero-order chi connectivity index (χ0) is 12.4. The molecular weight excluding hydrogens is 219 g/mol. The summed E-state index contributed by atoms with van der Waals surface area (Å²) < 4.78 is 0. The van der Waals surface area contributed by atoms with Gasteiger partial charge in [-0.2, -0.15) is 0 Å². The Balaban J connectivity index is 0.00000256. The largest absolute Gasteiger partial charge is 1.00 e. The maximum absolute atomic E-state index is 11.6. The van der Waals surface area contributed by atoms with Crippen molar-refractivity contribution in [1.29, 1.82) is 0 Å². The Morgan fingerprint density at radius 1 is 1.18 bits per heavy atom. The maximum atomic E-state index is 11.6. The second-order valence-corrected chi connectivity index (χ2v) is 11.6. The molecule has 1 aromatic carbocycles. The molecule has 1 rings (SSSR count). The van der Waals surface area contributed by atoms with Gasteiger partial charge in [-0.1, -0.05) is 70.2 Å². The molecule has 0 N–H and O–H groups in total. The fraction of sp³-hybridized carbons (Fsp3) is 0.571. The van der Waals surface area contributed by atoms with Crippen molar-refractivity contribution in [1.82, 2.24) is 0 Å². The number of hydrogen-bond acceptors (Lipinski definition) is 1. The van der Waals surface area contributed by atoms with Crippen LogP contribution in [0, 0.1) is 0 Å². The molecule has 0 amide bonds. The summed E-state index contributed by atoms with van der Waals surface area (Å²) >= 11 is 0. The van der Waals surface area contributed by atoms with Crippen LogP contribution < -0.4 is 24.0 Å². The third kappa shape index (κ3) is 4.00. The van der Waals surface area contributed by atoms with Crippen LogP contribution in [0.25, 0.3) is 0 Å². The van der Waals surface area contributed by atoms with Gasteiger partial charge in [0.15, 0.2) is 0 Å². The third-order valence-electron chi connectivity index (χ3n) is 3.76. The van der Waals surface area contributed by atoms with E-state index in [-0.39, 0.29) is 23.9 Å². The molecule has 0 aliphatic rings. The molecule has 1 nitrogen and oxygen atoms in total. The molecule has 3 heteroatoms. The van der Waals surface area contributed by atoms with Crippen LogP contribution in [-0.2, 0) is 5.04 Å². The molecule has 0 aliphatic carbocycles. The minimum atomic E-state index is -1.41. The summed E-state index contributed by atoms with van der Waals surface area (Å²) in [5.41, 5.74) is 1.33. The van der Waals surface area contributed by atoms with Crippen molar-refractivity contribution in [3.05, 3.63) is 35.9 Å². The van der Waals surface area contributed by atoms with E-state index in [0.717, 1.165) is 6.42 Å². The predicted octanol–water partition coefficient (Wildman–Crippen LogP) is -0.0354. The van der Waals surface area contributed by atoms with Crippen LogP contribution in [-0.4, -0.2) is 14.2 Å². The fourth-order valence-electron chi connectivity index (χ4n) is 2.24. The molecule has 0 aliphatic heterocycles. The van der Waals surface area contributed by atoms with Gasteiger partial charge in [0.05, 0.1) is 8.07 Å². The first kappa shape index (κ1) is 17.0. The van der Waals surface area contributed by atoms with Gasteiger partial charge in [-0.25, -0.2) is 0 Å². The summed E-state index contributed by atoms with van der Waals surface area (Å²) in [5, 5.41) is 11.7. The van der Waals surface area contributed by atoms with E-state index in [2.05, 4.69) is 50.8 Å². The van der Waals surface area contributed by atoms with Crippen molar-refractivity contribution in [2.45, 2.75) is 51.1 Å². The molecule has 0 saturated heterocycles. The van der Waals surface area contributed by atoms with Gasteiger partial charge in [0.25, 0.3) is 0 Å². The average Bonchev–Trinajstić information content (AvgIpc) is 2.16. The van der Waals surface area contributed by atoms with E-state index < -0.39 is 14.2 Å². The zero-order valence-electron chi connectivity index (χ0n) is 12.1. The third-order valence-corrected chi connectivity index (χ3v) is 7.57. The first-order valence-corrected chi connectivity index (χ1v) is 9.49. The smallest absolute Gasteiger partial charge is 0.852 e. The van der Waals surface area contributed by atoms with Crippen LogP contribution in [0.15, 0.2) is 30.3 Å². The summed E-state index contributed by atoms with van der Waals surface area (Å²) in [6.07, 6.45) is 0.254. The first-order chi connectivity index (χ1) is 7.27. The van der Waals surface area contributed by atoms with E-state index in [0.29, 0.717) is 0 Å². The van der Waals surface area contributed by atoms with Crippen molar-refractivity contribution in [3.8, 4) is 0 Å². The van der Waals surface area contributed by atoms with Gasteiger partial charge in [-0.3, -0.25) is 0 Å². The second kappa shape index (κ2) is 6.25. The van der Waals surface area contributed by atoms with E-state index in [1.165, 1.54) is 5.56 Å². The van der Waals surface area contributed by atoms with Gasteiger partial charge < -0.3 is 5.11 Å². The zero-order valence-corrected chi connectivity index (χ0v) is 13.1. The molecule has 0 spiro atoms. The standard InChI is InChI=1S/C14H23OSi.Li/c1-12(15)11-14(2,16(3,4)5)13-9-7-6-8-10-13;/h6-10,12H,11H2,1-5H3;/q-1;+1/t12-,14?;/m0./s1. The Bertz CT molecular complexity index is 332. The van der Waals surface area contributed by atoms with Crippen LogP contribution >= 0.6 is 0 Å². The number of hydrogen-bond donors (Lipinski definition) is 0. The van der Waals surface area contributed by atoms with E-state index in [1.54, 1.807) is 6.92 Å². The monoisotopic (exact) mass is 242 g/mol. The molecule has 0 bridgehead atoms. The normalized spacial score (nSPS) is 16.8. The predicted molar refractivity (Wildman–Crippen MR) is 71.2 cm³/mol. The maximum Gasteiger partial charge on any atom is 1.00 e. The van der Waals surface area contributed by atoms with Crippen LogP contribution in [0.3, 0.4) is 0 Å². The molecule has 1 aromatic rings. The quantitative estimate of drug-likeness (QED) is 0.680. The van der Waals surface area contributed by atoms with Crippen molar-refractivity contribution < 1.29 is 24.0 Å². The SMILES string of the molecule is C[C@H]([O-])CC(C)(c1ccccc1)[Si](C)(C)C.[Li+]. The molecule has 90 valence electrons. The Kier molecular flexibility index (Phi) is 6.24. The van der Waals surface area contributed by atoms with E-state index in [9.17, 15) is 5.11 Å². The van der Waals surface area contributed by atoms with Crippen molar-refractivity contribution in [3.63, 3.8) is 0 Å². The summed E-state index contributed by atoms with van der Waals surface area (Å²) in [4.78, 5) is 0. The minimum absolute atomic E-state index is 0. The molecule has 0 fully saturated rings. The molecule has 0 radical (unpaired) electrons. The Hall–Kier alpha value is -0.00571. The molecule has 1 unspecified atom stereocenters. The topological polar surface area (TPSA) is 23.1 Å². The van der Waals surface area contributed by atoms with Crippen LogP contribution in [0.4, 0.5) is 0 Å². The molecular formula is C14H23LiOSi. The molecule has 0 aromatic heterocycles. The van der Waals surface area contributed by atoms with Gasteiger partial charge >= 0.3 is 18.9 Å². The van der Waals surface area contributed by atoms with E-state index in [4.69, 9.17) is 0 Å². The van der Waals surface area contributed by atoms with Crippen molar-refractivity contribution in [2.75, 3.05) is 0 Å². The van der Waals surface area contributed by atoms with Gasteiger partial charge in [0, 0.05) is 0 Å². The number of rotatable bonds is 4. The van der Waals surface area contributed by atoms with Crippen molar-refractivity contribution >= 4 is 8.07 Å². The Labute approximate surface area is 119 Å². The molecule has 0 heterocycles. The fourth-order valence-corrected chi connectivity index (χ4v) is 4.17. The van der Waals surface area contributed by atoms with E-state index >= 15 is 0 Å². The number of benzene rings is 1. The molecule has 17 heavy (non-hydrogen) atoms. The minimum Gasteiger partial charge on any atom is -0.852 e. The summed E-state index contributed by atoms with van der Waals surface area (Å²) in [6.45, 7) is 11.1. The van der Waals surface area contributed by atoms with Crippen LogP contribution in [0.2, 0.25) is 19.6 Å². The van der Waals surface area contributed by atoms with Gasteiger partial charge in [-0.15, -0.1) is 6.10 Å². The first-order valence-electron chi connectivity index (χ1n) is 5.99. The summed E-state index contributed by atoms with van der Waals surface area (Å²) in [6, 6.07) is 10.5. The van der Waals surface area contributed by atoms with Crippen LogP contribution in [0.5, 0.6) is 0 Å². The van der Waals surface area contributed by atoms with Gasteiger partial charge in [0.2, 0.25) is 0 Å². The van der Waals surface area contributed by atoms with Crippen molar-refractivity contribution in [2.24, 2.45) is 0 Å². The average molecular weight is 242 g/mol. The molecule has 2 atom stereocenters. The Morgan fingerprint density at radius 2 is 1.65 bits per heavy atom. The summed E-state index contributed by atoms with van der Waals surface area (Å²) in [5.74, 6) is 0. The summed E-state index contributed by atoms with van der Waals surface area (Å²) in [7, 11) is -1.41. The van der Waals surface area contributed by atoms with Crippen LogP contribution in [0.1, 0.15) is 25.8 Å². The molecule has 0 saturated carbocycles. The van der Waals surface area contributed by atoms with E-state index in [1.807, 2.05) is 6.07 Å². The Morgan fingerprint density at radius 3 is 2.00 bits per heavy atom. The second-order valence-electron chi connectivity index (χ2n) is 5.96. The van der Waals surface area contributed by atoms with Gasteiger partial charge in [0.1, 0.15) is 0 Å². The van der Waals surface area contributed by atoms with Gasteiger partial charge in [-0.05, 0) is 10.6 Å².